The number of piperidine rings is 1. The average Bonchev–Trinajstić information content (AvgIpc) is 2.72. The van der Waals surface area contributed by atoms with Crippen molar-refractivity contribution in [1.82, 2.24) is 19.6 Å². The number of aromatic nitrogens is 4. The van der Waals surface area contributed by atoms with E-state index in [2.05, 4.69) is 15.2 Å². The van der Waals surface area contributed by atoms with Crippen LogP contribution in [0.15, 0.2) is 17.2 Å². The van der Waals surface area contributed by atoms with Crippen molar-refractivity contribution in [3.8, 4) is 0 Å². The van der Waals surface area contributed by atoms with Gasteiger partial charge < -0.3 is 4.90 Å². The van der Waals surface area contributed by atoms with Gasteiger partial charge >= 0.3 is 5.69 Å². The number of aromatic amines is 1. The first-order chi connectivity index (χ1) is 8.24. The van der Waals surface area contributed by atoms with Gasteiger partial charge in [0.05, 0.1) is 0 Å². The van der Waals surface area contributed by atoms with Crippen molar-refractivity contribution in [1.29, 1.82) is 0 Å². The number of rotatable bonds is 1. The molecule has 0 amide bonds. The maximum absolute atomic E-state index is 11.3. The van der Waals surface area contributed by atoms with Gasteiger partial charge in [-0.1, -0.05) is 0 Å². The number of ketones is 1. The van der Waals surface area contributed by atoms with Crippen LogP contribution in [0.3, 0.4) is 0 Å². The number of carbonyl (C=O) groups excluding carboxylic acids is 1. The highest BCUT2D eigenvalue weighted by atomic mass is 16.1. The second-order valence-electron chi connectivity index (χ2n) is 4.03. The number of anilines is 1. The van der Waals surface area contributed by atoms with E-state index >= 15 is 0 Å². The monoisotopic (exact) mass is 233 g/mol. The molecule has 0 unspecified atom stereocenters. The second-order valence-corrected chi connectivity index (χ2v) is 4.03. The molecule has 0 bridgehead atoms. The van der Waals surface area contributed by atoms with Crippen molar-refractivity contribution in [2.75, 3.05) is 18.0 Å². The summed E-state index contributed by atoms with van der Waals surface area (Å²) in [5.74, 6) is 1.04. The normalized spacial score (nSPS) is 16.7. The lowest BCUT2D eigenvalue weighted by Crippen LogP contribution is -2.34. The topological polar surface area (TPSA) is 83.4 Å². The minimum Gasteiger partial charge on any atom is -0.356 e. The lowest BCUT2D eigenvalue weighted by Gasteiger charge is -2.26. The zero-order chi connectivity index (χ0) is 11.8. The predicted octanol–water partition coefficient (Wildman–Crippen LogP) is -0.413. The van der Waals surface area contributed by atoms with Crippen molar-refractivity contribution in [2.45, 2.75) is 12.8 Å². The third-order valence-electron chi connectivity index (χ3n) is 2.94. The minimum atomic E-state index is -0.298. The van der Waals surface area contributed by atoms with Gasteiger partial charge in [-0.05, 0) is 0 Å². The zero-order valence-corrected chi connectivity index (χ0v) is 9.09. The van der Waals surface area contributed by atoms with Gasteiger partial charge in [0.25, 0.3) is 0 Å². The SMILES string of the molecule is O=C1CCN(c2cc3n[nH]c(=O)n3cn2)CC1. The standard InChI is InChI=1S/C10H11N5O2/c16-7-1-3-14(4-2-7)8-5-9-12-13-10(17)15(9)6-11-8/h5-6H,1-4H2,(H,13,17). The molecule has 2 aromatic rings. The molecule has 1 N–H and O–H groups in total. The maximum atomic E-state index is 11.3. The maximum Gasteiger partial charge on any atom is 0.348 e. The Labute approximate surface area is 96.1 Å². The highest BCUT2D eigenvalue weighted by molar-refractivity contribution is 5.80. The summed E-state index contributed by atoms with van der Waals surface area (Å²) in [5, 5.41) is 6.24. The van der Waals surface area contributed by atoms with Gasteiger partial charge in [0, 0.05) is 32.0 Å². The number of nitrogens with zero attached hydrogens (tertiary/aromatic N) is 4. The van der Waals surface area contributed by atoms with Gasteiger partial charge in [0.15, 0.2) is 5.65 Å². The highest BCUT2D eigenvalue weighted by Gasteiger charge is 2.17. The number of hydrogen-bond donors (Lipinski definition) is 1. The minimum absolute atomic E-state index is 0.290. The summed E-state index contributed by atoms with van der Waals surface area (Å²) < 4.78 is 1.35. The van der Waals surface area contributed by atoms with E-state index in [1.165, 1.54) is 10.7 Å². The quantitative estimate of drug-likeness (QED) is 0.723. The second kappa shape index (κ2) is 3.69. The molecule has 1 fully saturated rings. The van der Waals surface area contributed by atoms with Crippen LogP contribution in [0.5, 0.6) is 0 Å². The first-order valence-electron chi connectivity index (χ1n) is 5.43. The van der Waals surface area contributed by atoms with Crippen LogP contribution in [-0.4, -0.2) is 38.5 Å². The van der Waals surface area contributed by atoms with Crippen molar-refractivity contribution in [3.05, 3.63) is 22.9 Å². The number of hydrogen-bond acceptors (Lipinski definition) is 5. The smallest absolute Gasteiger partial charge is 0.348 e. The summed E-state index contributed by atoms with van der Waals surface area (Å²) in [5.41, 5.74) is 0.241. The largest absolute Gasteiger partial charge is 0.356 e. The van der Waals surface area contributed by atoms with E-state index in [0.717, 1.165) is 5.82 Å². The Kier molecular flexibility index (Phi) is 2.17. The van der Waals surface area contributed by atoms with Crippen LogP contribution in [0.1, 0.15) is 12.8 Å². The van der Waals surface area contributed by atoms with Crippen molar-refractivity contribution < 1.29 is 4.79 Å². The number of nitrogens with one attached hydrogen (secondary N) is 1. The fourth-order valence-corrected chi connectivity index (χ4v) is 1.96. The Bertz CT molecular complexity index is 619. The van der Waals surface area contributed by atoms with Gasteiger partial charge in [-0.25, -0.2) is 19.3 Å². The molecule has 7 heteroatoms. The van der Waals surface area contributed by atoms with Gasteiger partial charge in [-0.15, -0.1) is 0 Å². The Morgan fingerprint density at radius 1 is 1.24 bits per heavy atom. The summed E-state index contributed by atoms with van der Waals surface area (Å²) >= 11 is 0. The van der Waals surface area contributed by atoms with E-state index in [-0.39, 0.29) is 5.69 Å². The zero-order valence-electron chi connectivity index (χ0n) is 9.09. The van der Waals surface area contributed by atoms with Gasteiger partial charge in [0.2, 0.25) is 0 Å². The third-order valence-corrected chi connectivity index (χ3v) is 2.94. The van der Waals surface area contributed by atoms with Crippen LogP contribution in [0, 0.1) is 0 Å². The summed E-state index contributed by atoms with van der Waals surface area (Å²) in [6.07, 6.45) is 2.56. The van der Waals surface area contributed by atoms with E-state index in [1.807, 2.05) is 4.90 Å². The molecule has 2 aromatic heterocycles. The fraction of sp³-hybridized carbons (Fsp3) is 0.400. The number of H-pyrrole nitrogens is 1. The summed E-state index contributed by atoms with van der Waals surface area (Å²) in [4.78, 5) is 28.6. The lowest BCUT2D eigenvalue weighted by atomic mass is 10.1. The molecule has 17 heavy (non-hydrogen) atoms. The summed E-state index contributed by atoms with van der Waals surface area (Å²) in [7, 11) is 0. The highest BCUT2D eigenvalue weighted by Crippen LogP contribution is 2.16. The lowest BCUT2D eigenvalue weighted by molar-refractivity contribution is -0.119. The van der Waals surface area contributed by atoms with Crippen LogP contribution in [0.25, 0.3) is 5.65 Å². The van der Waals surface area contributed by atoms with E-state index in [1.54, 1.807) is 6.07 Å². The molecule has 0 saturated carbocycles. The number of fused-ring (bicyclic) bond motifs is 1. The molecule has 3 rings (SSSR count). The molecule has 88 valence electrons. The first-order valence-corrected chi connectivity index (χ1v) is 5.43. The molecular weight excluding hydrogens is 222 g/mol. The molecule has 0 spiro atoms. The van der Waals surface area contributed by atoms with E-state index in [9.17, 15) is 9.59 Å². The molecule has 0 aromatic carbocycles. The molecule has 1 aliphatic rings. The van der Waals surface area contributed by atoms with Gasteiger partial charge in [0.1, 0.15) is 17.9 Å². The Hall–Kier alpha value is -2.18. The third kappa shape index (κ3) is 1.69. The van der Waals surface area contributed by atoms with Crippen molar-refractivity contribution in [3.63, 3.8) is 0 Å². The van der Waals surface area contributed by atoms with E-state index in [0.29, 0.717) is 37.4 Å². The average molecular weight is 233 g/mol. The van der Waals surface area contributed by atoms with Gasteiger partial charge in [-0.3, -0.25) is 4.79 Å². The molecule has 3 heterocycles. The molecule has 0 radical (unpaired) electrons. The van der Waals surface area contributed by atoms with Gasteiger partial charge in [-0.2, -0.15) is 5.10 Å². The number of carbonyl (C=O) groups is 1. The summed E-state index contributed by atoms with van der Waals surface area (Å²) in [6, 6.07) is 1.74. The Morgan fingerprint density at radius 2 is 2.00 bits per heavy atom. The molecule has 1 saturated heterocycles. The van der Waals surface area contributed by atoms with Crippen LogP contribution >= 0.6 is 0 Å². The Morgan fingerprint density at radius 3 is 2.76 bits per heavy atom. The van der Waals surface area contributed by atoms with Crippen molar-refractivity contribution in [2.24, 2.45) is 0 Å². The predicted molar refractivity (Wildman–Crippen MR) is 60.1 cm³/mol. The van der Waals surface area contributed by atoms with E-state index < -0.39 is 0 Å². The first kappa shape index (κ1) is 10.0. The fourth-order valence-electron chi connectivity index (χ4n) is 1.96. The number of Topliss-reactive ketones (excluding diaryl/α,β-unsaturated/α-hetero) is 1. The van der Waals surface area contributed by atoms with Crippen LogP contribution in [-0.2, 0) is 4.79 Å². The molecule has 0 aliphatic carbocycles. The van der Waals surface area contributed by atoms with Crippen molar-refractivity contribution >= 4 is 17.2 Å². The van der Waals surface area contributed by atoms with Crippen LogP contribution < -0.4 is 10.6 Å². The Balaban J connectivity index is 1.95. The summed E-state index contributed by atoms with van der Waals surface area (Å²) in [6.45, 7) is 1.35. The molecule has 0 atom stereocenters. The molecular formula is C10H11N5O2. The molecule has 1 aliphatic heterocycles. The van der Waals surface area contributed by atoms with Crippen LogP contribution in [0.4, 0.5) is 5.82 Å². The van der Waals surface area contributed by atoms with E-state index in [4.69, 9.17) is 0 Å². The molecule has 7 nitrogen and oxygen atoms in total. The van der Waals surface area contributed by atoms with Crippen LogP contribution in [0.2, 0.25) is 0 Å².